The molecule has 29 heavy (non-hydrogen) atoms. The van der Waals surface area contributed by atoms with Gasteiger partial charge in [-0.05, 0) is 38.1 Å². The first-order chi connectivity index (χ1) is 14.0. The second kappa shape index (κ2) is 7.98. The molecule has 0 saturated heterocycles. The minimum atomic E-state index is -0.167. The number of halogens is 1. The first-order valence-corrected chi connectivity index (χ1v) is 9.72. The number of ketones is 1. The number of carbonyl (C=O) groups is 1. The Kier molecular flexibility index (Phi) is 5.24. The van der Waals surface area contributed by atoms with E-state index in [1.807, 2.05) is 80.6 Å². The quantitative estimate of drug-likeness (QED) is 0.360. The van der Waals surface area contributed by atoms with Gasteiger partial charge in [0.15, 0.2) is 5.76 Å². The molecule has 4 aromatic rings. The summed E-state index contributed by atoms with van der Waals surface area (Å²) in [6.07, 6.45) is 0. The van der Waals surface area contributed by atoms with Crippen molar-refractivity contribution in [3.63, 3.8) is 0 Å². The van der Waals surface area contributed by atoms with Gasteiger partial charge in [-0.3, -0.25) is 4.79 Å². The summed E-state index contributed by atoms with van der Waals surface area (Å²) < 4.78 is 6.04. The van der Waals surface area contributed by atoms with Crippen molar-refractivity contribution in [2.24, 2.45) is 0 Å². The fraction of sp³-hybridized carbons (Fsp3) is 0.0800. The largest absolute Gasteiger partial charge is 0.450 e. The summed E-state index contributed by atoms with van der Waals surface area (Å²) in [5.41, 5.74) is 5.20. The SMILES string of the molecule is Cc1ccc(C(=O)c2oc(-c3ccc(C)cc3)cc2Nc2ccc(Cl)cc2)cc1. The van der Waals surface area contributed by atoms with Gasteiger partial charge in [-0.15, -0.1) is 0 Å². The lowest BCUT2D eigenvalue weighted by Gasteiger charge is -2.06. The molecule has 0 fully saturated rings. The predicted octanol–water partition coefficient (Wildman–Crippen LogP) is 7.19. The summed E-state index contributed by atoms with van der Waals surface area (Å²) in [5.74, 6) is 0.746. The number of aryl methyl sites for hydroxylation is 2. The molecule has 0 radical (unpaired) electrons. The molecule has 1 heterocycles. The van der Waals surface area contributed by atoms with E-state index in [1.165, 1.54) is 0 Å². The Labute approximate surface area is 175 Å². The molecule has 0 atom stereocenters. The molecule has 144 valence electrons. The predicted molar refractivity (Wildman–Crippen MR) is 118 cm³/mol. The summed E-state index contributed by atoms with van der Waals surface area (Å²) in [6, 6.07) is 24.7. The monoisotopic (exact) mass is 401 g/mol. The Morgan fingerprint density at radius 2 is 1.41 bits per heavy atom. The maximum Gasteiger partial charge on any atom is 0.230 e. The average molecular weight is 402 g/mol. The lowest BCUT2D eigenvalue weighted by atomic mass is 10.1. The van der Waals surface area contributed by atoms with Crippen molar-refractivity contribution in [1.82, 2.24) is 0 Å². The lowest BCUT2D eigenvalue weighted by molar-refractivity contribution is 0.101. The highest BCUT2D eigenvalue weighted by molar-refractivity contribution is 6.30. The van der Waals surface area contributed by atoms with E-state index < -0.39 is 0 Å². The van der Waals surface area contributed by atoms with Crippen LogP contribution in [-0.4, -0.2) is 5.78 Å². The molecular formula is C25H20ClNO2. The molecule has 0 spiro atoms. The van der Waals surface area contributed by atoms with Crippen LogP contribution in [0.1, 0.15) is 27.2 Å². The van der Waals surface area contributed by atoms with Gasteiger partial charge in [0, 0.05) is 27.9 Å². The Bertz CT molecular complexity index is 1140. The highest BCUT2D eigenvalue weighted by Gasteiger charge is 2.21. The number of furan rings is 1. The standard InChI is InChI=1S/C25H20ClNO2/c1-16-3-7-18(8-4-16)23-15-22(27-21-13-11-20(26)12-14-21)25(29-23)24(28)19-9-5-17(2)6-10-19/h3-15,27H,1-2H3. The van der Waals surface area contributed by atoms with Gasteiger partial charge in [-0.1, -0.05) is 71.3 Å². The van der Waals surface area contributed by atoms with E-state index in [4.69, 9.17) is 16.0 Å². The van der Waals surface area contributed by atoms with Crippen LogP contribution in [0.4, 0.5) is 11.4 Å². The molecule has 0 aliphatic carbocycles. The van der Waals surface area contributed by atoms with Crippen molar-refractivity contribution in [1.29, 1.82) is 0 Å². The summed E-state index contributed by atoms with van der Waals surface area (Å²) in [7, 11) is 0. The number of benzene rings is 3. The molecule has 4 heteroatoms. The second-order valence-corrected chi connectivity index (χ2v) is 7.48. The van der Waals surface area contributed by atoms with E-state index in [0.717, 1.165) is 22.4 Å². The third-order valence-corrected chi connectivity index (χ3v) is 4.96. The molecule has 0 bridgehead atoms. The summed E-state index contributed by atoms with van der Waals surface area (Å²) in [4.78, 5) is 13.2. The summed E-state index contributed by atoms with van der Waals surface area (Å²) in [6.45, 7) is 4.02. The van der Waals surface area contributed by atoms with Crippen LogP contribution in [0.3, 0.4) is 0 Å². The van der Waals surface area contributed by atoms with Crippen molar-refractivity contribution in [2.75, 3.05) is 5.32 Å². The molecule has 3 nitrogen and oxygen atoms in total. The molecule has 0 saturated carbocycles. The average Bonchev–Trinajstić information content (AvgIpc) is 3.14. The van der Waals surface area contributed by atoms with Gasteiger partial charge in [-0.2, -0.15) is 0 Å². The second-order valence-electron chi connectivity index (χ2n) is 7.05. The van der Waals surface area contributed by atoms with Gasteiger partial charge in [0.05, 0.1) is 5.69 Å². The molecular weight excluding hydrogens is 382 g/mol. The first-order valence-electron chi connectivity index (χ1n) is 9.34. The smallest absolute Gasteiger partial charge is 0.230 e. The van der Waals surface area contributed by atoms with Crippen LogP contribution in [0.5, 0.6) is 0 Å². The molecule has 1 N–H and O–H groups in total. The van der Waals surface area contributed by atoms with Gasteiger partial charge in [0.1, 0.15) is 5.76 Å². The Morgan fingerprint density at radius 1 is 0.828 bits per heavy atom. The zero-order valence-corrected chi connectivity index (χ0v) is 17.0. The van der Waals surface area contributed by atoms with Crippen molar-refractivity contribution in [2.45, 2.75) is 13.8 Å². The topological polar surface area (TPSA) is 42.2 Å². The zero-order chi connectivity index (χ0) is 20.4. The highest BCUT2D eigenvalue weighted by Crippen LogP contribution is 2.33. The number of anilines is 2. The number of nitrogens with one attached hydrogen (secondary N) is 1. The van der Waals surface area contributed by atoms with Crippen LogP contribution in [0.15, 0.2) is 83.3 Å². The van der Waals surface area contributed by atoms with Gasteiger partial charge in [0.2, 0.25) is 5.78 Å². The van der Waals surface area contributed by atoms with Crippen LogP contribution in [-0.2, 0) is 0 Å². The van der Waals surface area contributed by atoms with Crippen LogP contribution in [0, 0.1) is 13.8 Å². The van der Waals surface area contributed by atoms with Crippen LogP contribution < -0.4 is 5.32 Å². The molecule has 0 aliphatic heterocycles. The molecule has 4 rings (SSSR count). The maximum absolute atomic E-state index is 13.2. The Morgan fingerprint density at radius 3 is 2.03 bits per heavy atom. The minimum absolute atomic E-state index is 0.167. The number of hydrogen-bond donors (Lipinski definition) is 1. The Balaban J connectivity index is 1.76. The molecule has 0 aliphatic rings. The van der Waals surface area contributed by atoms with E-state index in [-0.39, 0.29) is 11.5 Å². The fourth-order valence-electron chi connectivity index (χ4n) is 3.04. The molecule has 1 aromatic heterocycles. The van der Waals surface area contributed by atoms with E-state index in [2.05, 4.69) is 5.32 Å². The van der Waals surface area contributed by atoms with Gasteiger partial charge in [0.25, 0.3) is 0 Å². The molecule has 0 unspecified atom stereocenters. The molecule has 0 amide bonds. The Hall–Kier alpha value is -3.30. The number of rotatable bonds is 5. The van der Waals surface area contributed by atoms with Crippen molar-refractivity contribution in [3.05, 3.63) is 106 Å². The van der Waals surface area contributed by atoms with Crippen LogP contribution in [0.2, 0.25) is 5.02 Å². The number of hydrogen-bond acceptors (Lipinski definition) is 3. The van der Waals surface area contributed by atoms with E-state index in [1.54, 1.807) is 12.1 Å². The van der Waals surface area contributed by atoms with Gasteiger partial charge in [-0.25, -0.2) is 0 Å². The third kappa shape index (κ3) is 4.25. The van der Waals surface area contributed by atoms with Crippen LogP contribution in [0.25, 0.3) is 11.3 Å². The number of carbonyl (C=O) groups excluding carboxylic acids is 1. The van der Waals surface area contributed by atoms with Gasteiger partial charge >= 0.3 is 0 Å². The fourth-order valence-corrected chi connectivity index (χ4v) is 3.16. The normalized spacial score (nSPS) is 10.7. The van der Waals surface area contributed by atoms with Crippen LogP contribution >= 0.6 is 11.6 Å². The van der Waals surface area contributed by atoms with E-state index in [9.17, 15) is 4.79 Å². The van der Waals surface area contributed by atoms with Crippen molar-refractivity contribution >= 4 is 28.8 Å². The summed E-state index contributed by atoms with van der Waals surface area (Å²) in [5, 5.41) is 3.94. The summed E-state index contributed by atoms with van der Waals surface area (Å²) >= 11 is 5.99. The maximum atomic E-state index is 13.2. The van der Waals surface area contributed by atoms with Crippen molar-refractivity contribution in [3.8, 4) is 11.3 Å². The lowest BCUT2D eigenvalue weighted by Crippen LogP contribution is -2.03. The third-order valence-electron chi connectivity index (χ3n) is 4.71. The highest BCUT2D eigenvalue weighted by atomic mass is 35.5. The van der Waals surface area contributed by atoms with E-state index >= 15 is 0 Å². The van der Waals surface area contributed by atoms with Gasteiger partial charge < -0.3 is 9.73 Å². The minimum Gasteiger partial charge on any atom is -0.450 e. The first kappa shape index (κ1) is 19.0. The van der Waals surface area contributed by atoms with Crippen molar-refractivity contribution < 1.29 is 9.21 Å². The zero-order valence-electron chi connectivity index (χ0n) is 16.2. The molecule has 3 aromatic carbocycles. The van der Waals surface area contributed by atoms with E-state index in [0.29, 0.717) is 22.0 Å².